The van der Waals surface area contributed by atoms with Crippen LogP contribution in [0.1, 0.15) is 35.3 Å². The first kappa shape index (κ1) is 23.0. The van der Waals surface area contributed by atoms with E-state index < -0.39 is 12.1 Å². The Hall–Kier alpha value is -3.68. The summed E-state index contributed by atoms with van der Waals surface area (Å²) < 4.78 is 32.6. The molecule has 0 fully saturated rings. The van der Waals surface area contributed by atoms with Crippen molar-refractivity contribution in [1.29, 1.82) is 0 Å². The van der Waals surface area contributed by atoms with Gasteiger partial charge in [-0.15, -0.1) is 0 Å². The average molecular weight is 442 g/mol. The summed E-state index contributed by atoms with van der Waals surface area (Å²) in [6, 6.07) is 6.65. The van der Waals surface area contributed by atoms with Crippen molar-refractivity contribution in [2.75, 3.05) is 27.9 Å². The molecule has 32 heavy (non-hydrogen) atoms. The molecule has 2 aromatic carbocycles. The van der Waals surface area contributed by atoms with Crippen molar-refractivity contribution in [3.05, 3.63) is 46.7 Å². The molecule has 170 valence electrons. The van der Waals surface area contributed by atoms with E-state index in [1.54, 1.807) is 51.1 Å². The third-order valence-corrected chi connectivity index (χ3v) is 4.90. The van der Waals surface area contributed by atoms with Gasteiger partial charge in [0.2, 0.25) is 5.78 Å². The van der Waals surface area contributed by atoms with Crippen molar-refractivity contribution < 1.29 is 38.0 Å². The minimum atomic E-state index is -0.796. The molecule has 1 unspecified atom stereocenters. The molecule has 0 saturated carbocycles. The maximum atomic E-state index is 13.0. The van der Waals surface area contributed by atoms with Gasteiger partial charge in [0.1, 0.15) is 17.2 Å². The van der Waals surface area contributed by atoms with Gasteiger partial charge >= 0.3 is 5.97 Å². The number of benzene rings is 2. The molecule has 0 bridgehead atoms. The van der Waals surface area contributed by atoms with Crippen LogP contribution >= 0.6 is 0 Å². The van der Waals surface area contributed by atoms with Gasteiger partial charge in [-0.05, 0) is 44.5 Å². The molecule has 0 amide bonds. The zero-order valence-corrected chi connectivity index (χ0v) is 18.9. The van der Waals surface area contributed by atoms with E-state index in [1.807, 2.05) is 0 Å². The van der Waals surface area contributed by atoms with Crippen molar-refractivity contribution >= 4 is 17.8 Å². The molecule has 2 aromatic rings. The van der Waals surface area contributed by atoms with E-state index >= 15 is 0 Å². The number of fused-ring (bicyclic) bond motifs is 1. The predicted octanol–water partition coefficient (Wildman–Crippen LogP) is 3.97. The molecule has 1 atom stereocenters. The molecule has 0 radical (unpaired) electrons. The molecule has 0 aromatic heterocycles. The monoisotopic (exact) mass is 442 g/mol. The average Bonchev–Trinajstić information content (AvgIpc) is 3.08. The van der Waals surface area contributed by atoms with E-state index in [1.165, 1.54) is 21.3 Å². The summed E-state index contributed by atoms with van der Waals surface area (Å²) in [4.78, 5) is 24.9. The Labute approximate surface area is 186 Å². The molecule has 1 heterocycles. The standard InChI is InChI=1S/C24H26O8/c1-7-30-24(26)14(3)31-16-8-13(2)22-20(11-16)32-21(23(22)25)10-15-9-18(28-5)19(29-6)12-17(15)27-4/h8-12,14H,7H2,1-6H3/b21-10-. The number of esters is 1. The van der Waals surface area contributed by atoms with Crippen LogP contribution in [-0.4, -0.2) is 45.8 Å². The summed E-state index contributed by atoms with van der Waals surface area (Å²) in [5.41, 5.74) is 1.69. The fraction of sp³-hybridized carbons (Fsp3) is 0.333. The first-order valence-corrected chi connectivity index (χ1v) is 10.0. The maximum Gasteiger partial charge on any atom is 0.347 e. The van der Waals surface area contributed by atoms with Crippen molar-refractivity contribution in [2.45, 2.75) is 26.9 Å². The van der Waals surface area contributed by atoms with Crippen LogP contribution in [0.3, 0.4) is 0 Å². The summed E-state index contributed by atoms with van der Waals surface area (Å²) in [7, 11) is 4.57. The Morgan fingerprint density at radius 2 is 1.69 bits per heavy atom. The number of aryl methyl sites for hydroxylation is 1. The Bertz CT molecular complexity index is 1070. The zero-order chi connectivity index (χ0) is 23.4. The van der Waals surface area contributed by atoms with E-state index in [-0.39, 0.29) is 18.1 Å². The summed E-state index contributed by atoms with van der Waals surface area (Å²) in [6.45, 7) is 5.37. The van der Waals surface area contributed by atoms with Crippen LogP contribution in [0.25, 0.3) is 6.08 Å². The number of ether oxygens (including phenoxy) is 6. The molecule has 1 aliphatic rings. The van der Waals surface area contributed by atoms with Crippen LogP contribution in [0, 0.1) is 6.92 Å². The first-order valence-electron chi connectivity index (χ1n) is 10.0. The van der Waals surface area contributed by atoms with Gasteiger partial charge in [0.25, 0.3) is 0 Å². The van der Waals surface area contributed by atoms with Gasteiger partial charge in [-0.1, -0.05) is 0 Å². The summed E-state index contributed by atoms with van der Waals surface area (Å²) in [5.74, 6) is 1.63. The lowest BCUT2D eigenvalue weighted by molar-refractivity contribution is -0.150. The summed E-state index contributed by atoms with van der Waals surface area (Å²) in [5, 5.41) is 0. The highest BCUT2D eigenvalue weighted by Crippen LogP contribution is 2.40. The van der Waals surface area contributed by atoms with E-state index in [2.05, 4.69) is 0 Å². The second-order valence-corrected chi connectivity index (χ2v) is 7.01. The zero-order valence-electron chi connectivity index (χ0n) is 18.9. The number of carbonyl (C=O) groups excluding carboxylic acids is 2. The third kappa shape index (κ3) is 4.49. The minimum Gasteiger partial charge on any atom is -0.496 e. The smallest absolute Gasteiger partial charge is 0.347 e. The molecular formula is C24H26O8. The lowest BCUT2D eigenvalue weighted by atomic mass is 10.0. The number of Topliss-reactive ketones (excluding diaryl/α,β-unsaturated/α-hetero) is 1. The van der Waals surface area contributed by atoms with Gasteiger partial charge in [0, 0.05) is 17.7 Å². The molecule has 0 aliphatic carbocycles. The van der Waals surface area contributed by atoms with E-state index in [0.717, 1.165) is 0 Å². The number of hydrogen-bond acceptors (Lipinski definition) is 8. The van der Waals surface area contributed by atoms with Crippen molar-refractivity contribution in [3.63, 3.8) is 0 Å². The molecule has 0 spiro atoms. The summed E-state index contributed by atoms with van der Waals surface area (Å²) in [6.07, 6.45) is 0.792. The highest BCUT2D eigenvalue weighted by molar-refractivity contribution is 6.15. The Morgan fingerprint density at radius 1 is 1.03 bits per heavy atom. The van der Waals surface area contributed by atoms with Crippen LogP contribution in [0.4, 0.5) is 0 Å². The van der Waals surface area contributed by atoms with Crippen LogP contribution < -0.4 is 23.7 Å². The normalized spacial score (nSPS) is 14.4. The number of carbonyl (C=O) groups is 2. The lowest BCUT2D eigenvalue weighted by Gasteiger charge is -2.14. The largest absolute Gasteiger partial charge is 0.496 e. The number of hydrogen-bond donors (Lipinski definition) is 0. The lowest BCUT2D eigenvalue weighted by Crippen LogP contribution is -2.26. The molecule has 0 N–H and O–H groups in total. The SMILES string of the molecule is CCOC(=O)C(C)Oc1cc(C)c2c(c1)O/C(=C\c1cc(OC)c(OC)cc1OC)C2=O. The van der Waals surface area contributed by atoms with Gasteiger partial charge < -0.3 is 28.4 Å². The molecule has 8 nitrogen and oxygen atoms in total. The van der Waals surface area contributed by atoms with Crippen LogP contribution in [0.5, 0.6) is 28.7 Å². The predicted molar refractivity (Wildman–Crippen MR) is 117 cm³/mol. The topological polar surface area (TPSA) is 89.5 Å². The summed E-state index contributed by atoms with van der Waals surface area (Å²) >= 11 is 0. The fourth-order valence-electron chi connectivity index (χ4n) is 3.36. The Balaban J connectivity index is 1.93. The molecule has 1 aliphatic heterocycles. The van der Waals surface area contributed by atoms with Crippen LogP contribution in [-0.2, 0) is 9.53 Å². The van der Waals surface area contributed by atoms with E-state index in [4.69, 9.17) is 28.4 Å². The minimum absolute atomic E-state index is 0.129. The van der Waals surface area contributed by atoms with Gasteiger partial charge in [-0.2, -0.15) is 0 Å². The van der Waals surface area contributed by atoms with E-state index in [9.17, 15) is 9.59 Å². The molecule has 8 heteroatoms. The van der Waals surface area contributed by atoms with Gasteiger partial charge in [0.05, 0.1) is 33.5 Å². The maximum absolute atomic E-state index is 13.0. The first-order chi connectivity index (χ1) is 15.3. The number of ketones is 1. The molecule has 3 rings (SSSR count). The van der Waals surface area contributed by atoms with Gasteiger partial charge in [0.15, 0.2) is 23.4 Å². The Morgan fingerprint density at radius 3 is 2.31 bits per heavy atom. The number of allylic oxidation sites excluding steroid dienone is 1. The van der Waals surface area contributed by atoms with Crippen molar-refractivity contribution in [2.24, 2.45) is 0 Å². The Kier molecular flexibility index (Phi) is 6.92. The van der Waals surface area contributed by atoms with E-state index in [0.29, 0.717) is 45.4 Å². The van der Waals surface area contributed by atoms with Crippen LogP contribution in [0.2, 0.25) is 0 Å². The third-order valence-electron chi connectivity index (χ3n) is 4.90. The second kappa shape index (κ2) is 9.64. The van der Waals surface area contributed by atoms with Gasteiger partial charge in [-0.3, -0.25) is 4.79 Å². The van der Waals surface area contributed by atoms with Crippen molar-refractivity contribution in [1.82, 2.24) is 0 Å². The highest BCUT2D eigenvalue weighted by atomic mass is 16.6. The highest BCUT2D eigenvalue weighted by Gasteiger charge is 2.31. The van der Waals surface area contributed by atoms with Crippen LogP contribution in [0.15, 0.2) is 30.0 Å². The van der Waals surface area contributed by atoms with Crippen molar-refractivity contribution in [3.8, 4) is 28.7 Å². The molecular weight excluding hydrogens is 416 g/mol. The molecule has 0 saturated heterocycles. The van der Waals surface area contributed by atoms with Gasteiger partial charge in [-0.25, -0.2) is 4.79 Å². The second-order valence-electron chi connectivity index (χ2n) is 7.01. The number of rotatable bonds is 8. The number of methoxy groups -OCH3 is 3. The fourth-order valence-corrected chi connectivity index (χ4v) is 3.36. The quantitative estimate of drug-likeness (QED) is 0.448.